The average Bonchev–Trinajstić information content (AvgIpc) is 3.27. The number of methoxy groups -OCH3 is 1. The van der Waals surface area contributed by atoms with Crippen LogP contribution in [0.2, 0.25) is 0 Å². The molecule has 0 radical (unpaired) electrons. The third-order valence-electron chi connectivity index (χ3n) is 5.82. The van der Waals surface area contributed by atoms with Gasteiger partial charge in [-0.1, -0.05) is 28.9 Å². The van der Waals surface area contributed by atoms with Crippen LogP contribution in [0.4, 0.5) is 4.39 Å². The number of nitrogens with zero attached hydrogens (tertiary/aromatic N) is 3. The summed E-state index contributed by atoms with van der Waals surface area (Å²) in [6, 6.07) is 9.75. The van der Waals surface area contributed by atoms with Crippen LogP contribution in [0.15, 0.2) is 45.3 Å². The molecular formula is C24H25BrFN3O3. The van der Waals surface area contributed by atoms with Gasteiger partial charge < -0.3 is 14.1 Å². The molecule has 168 valence electrons. The molecule has 1 atom stereocenters. The van der Waals surface area contributed by atoms with Crippen molar-refractivity contribution in [2.45, 2.75) is 45.1 Å². The van der Waals surface area contributed by atoms with Crippen molar-refractivity contribution >= 4 is 21.8 Å². The first-order valence-corrected chi connectivity index (χ1v) is 11.5. The Bertz CT molecular complexity index is 1120. The predicted octanol–water partition coefficient (Wildman–Crippen LogP) is 5.45. The van der Waals surface area contributed by atoms with Crippen molar-refractivity contribution in [3.63, 3.8) is 0 Å². The maximum absolute atomic E-state index is 13.5. The van der Waals surface area contributed by atoms with Gasteiger partial charge in [-0.25, -0.2) is 4.39 Å². The van der Waals surface area contributed by atoms with E-state index >= 15 is 0 Å². The van der Waals surface area contributed by atoms with E-state index in [1.165, 1.54) is 12.1 Å². The first kappa shape index (κ1) is 22.5. The zero-order chi connectivity index (χ0) is 22.7. The van der Waals surface area contributed by atoms with Gasteiger partial charge >= 0.3 is 0 Å². The van der Waals surface area contributed by atoms with Gasteiger partial charge in [0, 0.05) is 29.0 Å². The summed E-state index contributed by atoms with van der Waals surface area (Å²) < 4.78 is 25.7. The number of halogens is 2. The van der Waals surface area contributed by atoms with E-state index in [1.807, 2.05) is 17.0 Å². The molecular weight excluding hydrogens is 477 g/mol. The monoisotopic (exact) mass is 501 g/mol. The van der Waals surface area contributed by atoms with E-state index in [0.717, 1.165) is 35.7 Å². The maximum Gasteiger partial charge on any atom is 0.257 e. The number of aryl methyl sites for hydroxylation is 1. The highest BCUT2D eigenvalue weighted by Gasteiger charge is 2.31. The Labute approximate surface area is 194 Å². The number of carbonyl (C=O) groups excluding carboxylic acids is 1. The molecule has 6 nitrogen and oxygen atoms in total. The molecule has 1 fully saturated rings. The Morgan fingerprint density at radius 2 is 2.12 bits per heavy atom. The smallest absolute Gasteiger partial charge is 0.257 e. The molecule has 8 heteroatoms. The summed E-state index contributed by atoms with van der Waals surface area (Å²) in [5, 5.41) is 8.21. The van der Waals surface area contributed by atoms with Gasteiger partial charge in [-0.05, 0) is 61.6 Å². The molecule has 0 spiro atoms. The molecule has 1 saturated heterocycles. The summed E-state index contributed by atoms with van der Waals surface area (Å²) in [7, 11) is 1.58. The Morgan fingerprint density at radius 3 is 2.88 bits per heavy atom. The number of rotatable bonds is 6. The summed E-state index contributed by atoms with van der Waals surface area (Å²) in [5.41, 5.74) is 2.16. The molecule has 0 N–H and O–H groups in total. The third kappa shape index (κ3) is 4.70. The minimum absolute atomic E-state index is 0.0635. The Kier molecular flexibility index (Phi) is 6.89. The molecule has 1 unspecified atom stereocenters. The van der Waals surface area contributed by atoms with Crippen LogP contribution in [0.25, 0.3) is 11.5 Å². The SMILES string of the molecule is CCc1cc(OC)c(C(=O)N2CCCCC2Cc2nnc(-c3cccc(F)c3)o2)cc1Br. The Hall–Kier alpha value is -2.74. The zero-order valence-corrected chi connectivity index (χ0v) is 19.7. The lowest BCUT2D eigenvalue weighted by Gasteiger charge is -2.35. The topological polar surface area (TPSA) is 68.5 Å². The maximum atomic E-state index is 13.5. The average molecular weight is 502 g/mol. The summed E-state index contributed by atoms with van der Waals surface area (Å²) in [6.45, 7) is 2.72. The number of ether oxygens (including phenoxy) is 1. The van der Waals surface area contributed by atoms with Crippen LogP contribution in [0.1, 0.15) is 48.0 Å². The molecule has 1 aliphatic heterocycles. The second-order valence-electron chi connectivity index (χ2n) is 7.86. The van der Waals surface area contributed by atoms with Gasteiger partial charge in [0.25, 0.3) is 5.91 Å². The standard InChI is InChI=1S/C24H25BrFN3O3/c1-3-15-12-21(31-2)19(14-20(15)25)24(30)29-10-5-4-9-18(29)13-22-27-28-23(32-22)16-7-6-8-17(26)11-16/h6-8,11-12,14,18H,3-5,9-10,13H2,1-2H3. The van der Waals surface area contributed by atoms with E-state index in [9.17, 15) is 9.18 Å². The Morgan fingerprint density at radius 1 is 1.28 bits per heavy atom. The number of likely N-dealkylation sites (tertiary alicyclic amines) is 1. The first-order valence-electron chi connectivity index (χ1n) is 10.8. The van der Waals surface area contributed by atoms with E-state index in [0.29, 0.717) is 35.7 Å². The van der Waals surface area contributed by atoms with Crippen LogP contribution in [0.5, 0.6) is 5.75 Å². The van der Waals surface area contributed by atoms with Crippen molar-refractivity contribution in [3.8, 4) is 17.2 Å². The fraction of sp³-hybridized carbons (Fsp3) is 0.375. The number of benzene rings is 2. The van der Waals surface area contributed by atoms with Crippen molar-refractivity contribution in [2.75, 3.05) is 13.7 Å². The lowest BCUT2D eigenvalue weighted by molar-refractivity contribution is 0.0602. The fourth-order valence-corrected chi connectivity index (χ4v) is 4.74. The fourth-order valence-electron chi connectivity index (χ4n) is 4.11. The molecule has 0 saturated carbocycles. The highest BCUT2D eigenvalue weighted by molar-refractivity contribution is 9.10. The predicted molar refractivity (Wildman–Crippen MR) is 122 cm³/mol. The zero-order valence-electron chi connectivity index (χ0n) is 18.1. The van der Waals surface area contributed by atoms with Gasteiger partial charge in [0.15, 0.2) is 0 Å². The highest BCUT2D eigenvalue weighted by Crippen LogP contribution is 2.31. The van der Waals surface area contributed by atoms with Crippen molar-refractivity contribution in [1.82, 2.24) is 15.1 Å². The quantitative estimate of drug-likeness (QED) is 0.449. The van der Waals surface area contributed by atoms with Crippen LogP contribution in [-0.4, -0.2) is 40.7 Å². The first-order chi connectivity index (χ1) is 15.5. The van der Waals surface area contributed by atoms with E-state index < -0.39 is 0 Å². The number of carbonyl (C=O) groups is 1. The van der Waals surface area contributed by atoms with Gasteiger partial charge in [-0.2, -0.15) is 0 Å². The van der Waals surface area contributed by atoms with Crippen LogP contribution in [0.3, 0.4) is 0 Å². The van der Waals surface area contributed by atoms with Gasteiger partial charge in [0.05, 0.1) is 12.7 Å². The summed E-state index contributed by atoms with van der Waals surface area (Å²) >= 11 is 3.58. The third-order valence-corrected chi connectivity index (χ3v) is 6.55. The molecule has 1 amide bonds. The van der Waals surface area contributed by atoms with Gasteiger partial charge in [0.1, 0.15) is 11.6 Å². The molecule has 0 bridgehead atoms. The van der Waals surface area contributed by atoms with E-state index in [-0.39, 0.29) is 23.7 Å². The van der Waals surface area contributed by atoms with Crippen molar-refractivity contribution in [1.29, 1.82) is 0 Å². The second-order valence-corrected chi connectivity index (χ2v) is 8.72. The van der Waals surface area contributed by atoms with E-state index in [2.05, 4.69) is 33.1 Å². The van der Waals surface area contributed by atoms with Gasteiger partial charge in [-0.15, -0.1) is 10.2 Å². The molecule has 2 aromatic carbocycles. The lowest BCUT2D eigenvalue weighted by Crippen LogP contribution is -2.45. The van der Waals surface area contributed by atoms with E-state index in [1.54, 1.807) is 19.2 Å². The van der Waals surface area contributed by atoms with Crippen molar-refractivity contribution in [2.24, 2.45) is 0 Å². The van der Waals surface area contributed by atoms with Crippen LogP contribution < -0.4 is 4.74 Å². The number of hydrogen-bond donors (Lipinski definition) is 0. The minimum atomic E-state index is -0.361. The summed E-state index contributed by atoms with van der Waals surface area (Å²) in [4.78, 5) is 15.4. The summed E-state index contributed by atoms with van der Waals surface area (Å²) in [5.74, 6) is 0.850. The summed E-state index contributed by atoms with van der Waals surface area (Å²) in [6.07, 6.45) is 4.10. The van der Waals surface area contributed by atoms with Crippen LogP contribution in [0, 0.1) is 5.82 Å². The second kappa shape index (κ2) is 9.81. The Balaban J connectivity index is 1.56. The van der Waals surface area contributed by atoms with Crippen LogP contribution in [-0.2, 0) is 12.8 Å². The minimum Gasteiger partial charge on any atom is -0.496 e. The highest BCUT2D eigenvalue weighted by atomic mass is 79.9. The number of piperidine rings is 1. The molecule has 32 heavy (non-hydrogen) atoms. The number of amides is 1. The van der Waals surface area contributed by atoms with Crippen molar-refractivity contribution < 1.29 is 18.3 Å². The largest absolute Gasteiger partial charge is 0.496 e. The van der Waals surface area contributed by atoms with E-state index in [4.69, 9.17) is 9.15 Å². The molecule has 1 aliphatic rings. The number of hydrogen-bond acceptors (Lipinski definition) is 5. The molecule has 2 heterocycles. The lowest BCUT2D eigenvalue weighted by atomic mass is 9.97. The van der Waals surface area contributed by atoms with Crippen molar-refractivity contribution in [3.05, 3.63) is 63.7 Å². The molecule has 3 aromatic rings. The molecule has 0 aliphatic carbocycles. The number of aromatic nitrogens is 2. The molecule has 4 rings (SSSR count). The van der Waals surface area contributed by atoms with Gasteiger partial charge in [-0.3, -0.25) is 4.79 Å². The normalized spacial score (nSPS) is 16.2. The van der Waals surface area contributed by atoms with Crippen LogP contribution >= 0.6 is 15.9 Å². The van der Waals surface area contributed by atoms with Gasteiger partial charge in [0.2, 0.25) is 11.8 Å². The molecule has 1 aromatic heterocycles.